The maximum atomic E-state index is 6.31. The zero-order chi connectivity index (χ0) is 14.3. The van der Waals surface area contributed by atoms with Gasteiger partial charge in [-0.2, -0.15) is 0 Å². The van der Waals surface area contributed by atoms with Gasteiger partial charge in [0.1, 0.15) is 11.3 Å². The summed E-state index contributed by atoms with van der Waals surface area (Å²) in [6.45, 7) is 1.88. The molecular formula is C15H11Cl3N2. The predicted molar refractivity (Wildman–Crippen MR) is 85.4 cm³/mol. The number of hydrogen-bond donors (Lipinski definition) is 0. The number of nitrogens with zero attached hydrogens (tertiary/aromatic N) is 2. The third-order valence-corrected chi connectivity index (χ3v) is 3.93. The Hall–Kier alpha value is -1.22. The Labute approximate surface area is 131 Å². The molecule has 1 unspecified atom stereocenters. The van der Waals surface area contributed by atoms with Crippen molar-refractivity contribution in [1.29, 1.82) is 0 Å². The molecule has 0 amide bonds. The first-order chi connectivity index (χ1) is 9.59. The van der Waals surface area contributed by atoms with E-state index in [9.17, 15) is 0 Å². The van der Waals surface area contributed by atoms with Gasteiger partial charge in [0.05, 0.1) is 26.6 Å². The minimum absolute atomic E-state index is 0.255. The first-order valence-electron chi connectivity index (χ1n) is 6.15. The summed E-state index contributed by atoms with van der Waals surface area (Å²) >= 11 is 18.8. The molecule has 3 aromatic rings. The van der Waals surface area contributed by atoms with E-state index in [0.717, 1.165) is 22.5 Å². The molecule has 20 heavy (non-hydrogen) atoms. The standard InChI is InChI=1S/C15H11Cl3N2/c1-9(16)15-19-14-11(18)6-4-8-13(14)20(15)12-7-3-2-5-10(12)17/h2-9H,1H3. The Morgan fingerprint density at radius 3 is 2.40 bits per heavy atom. The van der Waals surface area contributed by atoms with Crippen LogP contribution < -0.4 is 0 Å². The van der Waals surface area contributed by atoms with Crippen LogP contribution in [0.3, 0.4) is 0 Å². The van der Waals surface area contributed by atoms with Gasteiger partial charge in [0.25, 0.3) is 0 Å². The topological polar surface area (TPSA) is 17.8 Å². The first kappa shape index (κ1) is 13.7. The fourth-order valence-corrected chi connectivity index (χ4v) is 2.81. The fraction of sp³-hybridized carbons (Fsp3) is 0.133. The first-order valence-corrected chi connectivity index (χ1v) is 7.34. The number of rotatable bonds is 2. The van der Waals surface area contributed by atoms with Crippen LogP contribution in [0.4, 0.5) is 0 Å². The monoisotopic (exact) mass is 324 g/mol. The fourth-order valence-electron chi connectivity index (χ4n) is 2.24. The number of alkyl halides is 1. The predicted octanol–water partition coefficient (Wildman–Crippen LogP) is 5.63. The largest absolute Gasteiger partial charge is 0.293 e. The highest BCUT2D eigenvalue weighted by atomic mass is 35.5. The quantitative estimate of drug-likeness (QED) is 0.558. The van der Waals surface area contributed by atoms with Gasteiger partial charge in [-0.3, -0.25) is 4.57 Å². The number of benzene rings is 2. The Balaban J connectivity index is 2.42. The average Bonchev–Trinajstić information content (AvgIpc) is 2.80. The normalized spacial score (nSPS) is 12.8. The van der Waals surface area contributed by atoms with Gasteiger partial charge < -0.3 is 0 Å². The number of hydrogen-bond acceptors (Lipinski definition) is 1. The van der Waals surface area contributed by atoms with Crippen molar-refractivity contribution in [2.45, 2.75) is 12.3 Å². The number of para-hydroxylation sites is 2. The molecule has 0 aliphatic rings. The molecule has 5 heteroatoms. The third-order valence-electron chi connectivity index (χ3n) is 3.11. The molecule has 1 atom stereocenters. The highest BCUT2D eigenvalue weighted by Crippen LogP contribution is 2.33. The van der Waals surface area contributed by atoms with Crippen molar-refractivity contribution < 1.29 is 0 Å². The summed E-state index contributed by atoms with van der Waals surface area (Å²) in [5, 5.41) is 0.993. The van der Waals surface area contributed by atoms with Gasteiger partial charge >= 0.3 is 0 Å². The summed E-state index contributed by atoms with van der Waals surface area (Å²) in [5.41, 5.74) is 2.48. The molecule has 2 nitrogen and oxygen atoms in total. The molecule has 1 heterocycles. The molecule has 0 fully saturated rings. The maximum absolute atomic E-state index is 6.31. The molecular weight excluding hydrogens is 315 g/mol. The number of imidazole rings is 1. The van der Waals surface area contributed by atoms with Crippen LogP contribution >= 0.6 is 34.8 Å². The van der Waals surface area contributed by atoms with Crippen LogP contribution in [0.15, 0.2) is 42.5 Å². The van der Waals surface area contributed by atoms with Gasteiger partial charge in [0.2, 0.25) is 0 Å². The Bertz CT molecular complexity index is 778. The molecule has 3 rings (SSSR count). The van der Waals surface area contributed by atoms with Crippen LogP contribution in [0.25, 0.3) is 16.7 Å². The number of aromatic nitrogens is 2. The molecule has 0 N–H and O–H groups in total. The summed E-state index contributed by atoms with van der Waals surface area (Å²) in [5.74, 6) is 0.725. The molecule has 0 saturated heterocycles. The van der Waals surface area contributed by atoms with Crippen LogP contribution in [0.2, 0.25) is 10.0 Å². The molecule has 1 aromatic heterocycles. The third kappa shape index (κ3) is 2.18. The van der Waals surface area contributed by atoms with Crippen LogP contribution in [0.1, 0.15) is 18.1 Å². The van der Waals surface area contributed by atoms with Crippen molar-refractivity contribution >= 4 is 45.8 Å². The maximum Gasteiger partial charge on any atom is 0.132 e. The number of halogens is 3. The second-order valence-electron chi connectivity index (χ2n) is 4.48. The van der Waals surface area contributed by atoms with Crippen molar-refractivity contribution in [1.82, 2.24) is 9.55 Å². The Morgan fingerprint density at radius 2 is 1.70 bits per heavy atom. The average molecular weight is 326 g/mol. The summed E-state index contributed by atoms with van der Waals surface area (Å²) in [4.78, 5) is 4.57. The van der Waals surface area contributed by atoms with E-state index in [-0.39, 0.29) is 5.38 Å². The van der Waals surface area contributed by atoms with Crippen LogP contribution in [-0.4, -0.2) is 9.55 Å². The van der Waals surface area contributed by atoms with Gasteiger partial charge in [-0.15, -0.1) is 11.6 Å². The lowest BCUT2D eigenvalue weighted by atomic mass is 10.2. The van der Waals surface area contributed by atoms with E-state index < -0.39 is 0 Å². The Kier molecular flexibility index (Phi) is 3.63. The molecule has 0 saturated carbocycles. The summed E-state index contributed by atoms with van der Waals surface area (Å²) in [6, 6.07) is 13.3. The summed E-state index contributed by atoms with van der Waals surface area (Å²) < 4.78 is 1.96. The SMILES string of the molecule is CC(Cl)c1nc2c(Cl)cccc2n1-c1ccccc1Cl. The lowest BCUT2D eigenvalue weighted by Crippen LogP contribution is -2.02. The molecule has 0 bridgehead atoms. The molecule has 0 aliphatic carbocycles. The minimum Gasteiger partial charge on any atom is -0.293 e. The van der Waals surface area contributed by atoms with E-state index in [0.29, 0.717) is 10.0 Å². The minimum atomic E-state index is -0.255. The second kappa shape index (κ2) is 5.28. The van der Waals surface area contributed by atoms with Gasteiger partial charge in [0, 0.05) is 0 Å². The highest BCUT2D eigenvalue weighted by Gasteiger charge is 2.18. The van der Waals surface area contributed by atoms with Crippen molar-refractivity contribution in [3.63, 3.8) is 0 Å². The molecule has 102 valence electrons. The van der Waals surface area contributed by atoms with Crippen LogP contribution in [0.5, 0.6) is 0 Å². The van der Waals surface area contributed by atoms with E-state index in [2.05, 4.69) is 4.98 Å². The second-order valence-corrected chi connectivity index (χ2v) is 5.95. The Morgan fingerprint density at radius 1 is 1.00 bits per heavy atom. The summed E-state index contributed by atoms with van der Waals surface area (Å²) in [7, 11) is 0. The molecule has 0 radical (unpaired) electrons. The van der Waals surface area contributed by atoms with Gasteiger partial charge in [-0.1, -0.05) is 41.4 Å². The molecule has 0 aliphatic heterocycles. The van der Waals surface area contributed by atoms with Crippen LogP contribution in [-0.2, 0) is 0 Å². The van der Waals surface area contributed by atoms with Crippen molar-refractivity contribution in [2.24, 2.45) is 0 Å². The lowest BCUT2D eigenvalue weighted by Gasteiger charge is -2.12. The van der Waals surface area contributed by atoms with Gasteiger partial charge in [-0.05, 0) is 31.2 Å². The zero-order valence-corrected chi connectivity index (χ0v) is 12.9. The van der Waals surface area contributed by atoms with Crippen molar-refractivity contribution in [2.75, 3.05) is 0 Å². The van der Waals surface area contributed by atoms with Gasteiger partial charge in [-0.25, -0.2) is 4.98 Å². The number of fused-ring (bicyclic) bond motifs is 1. The van der Waals surface area contributed by atoms with Crippen LogP contribution in [0, 0.1) is 0 Å². The van der Waals surface area contributed by atoms with E-state index in [1.54, 1.807) is 0 Å². The van der Waals surface area contributed by atoms with E-state index in [1.165, 1.54) is 0 Å². The van der Waals surface area contributed by atoms with E-state index >= 15 is 0 Å². The van der Waals surface area contributed by atoms with E-state index in [4.69, 9.17) is 34.8 Å². The lowest BCUT2D eigenvalue weighted by molar-refractivity contribution is 0.883. The molecule has 2 aromatic carbocycles. The molecule has 0 spiro atoms. The van der Waals surface area contributed by atoms with E-state index in [1.807, 2.05) is 54.0 Å². The smallest absolute Gasteiger partial charge is 0.132 e. The van der Waals surface area contributed by atoms with Crippen molar-refractivity contribution in [3.05, 3.63) is 58.3 Å². The summed E-state index contributed by atoms with van der Waals surface area (Å²) in [6.07, 6.45) is 0. The zero-order valence-electron chi connectivity index (χ0n) is 10.6. The van der Waals surface area contributed by atoms with Gasteiger partial charge in [0.15, 0.2) is 0 Å². The van der Waals surface area contributed by atoms with Crippen molar-refractivity contribution in [3.8, 4) is 5.69 Å². The highest BCUT2D eigenvalue weighted by molar-refractivity contribution is 6.35.